The summed E-state index contributed by atoms with van der Waals surface area (Å²) >= 11 is 4.65. The SMILES string of the molecule is O=C=NC(=S)c1ccco1. The average Bonchev–Trinajstić information content (AvgIpc) is 2.38. The molecule has 1 rings (SSSR count). The molecular formula is C6H3NO2S. The van der Waals surface area contributed by atoms with Gasteiger partial charge in [-0.15, -0.1) is 0 Å². The molecule has 0 spiro atoms. The topological polar surface area (TPSA) is 42.6 Å². The Balaban J connectivity index is 2.87. The van der Waals surface area contributed by atoms with Crippen molar-refractivity contribution >= 4 is 23.3 Å². The summed E-state index contributed by atoms with van der Waals surface area (Å²) in [7, 11) is 0. The zero-order chi connectivity index (χ0) is 7.40. The van der Waals surface area contributed by atoms with Gasteiger partial charge in [0, 0.05) is 0 Å². The lowest BCUT2D eigenvalue weighted by molar-refractivity contribution is 0.556. The molecule has 0 bridgehead atoms. The van der Waals surface area contributed by atoms with E-state index >= 15 is 0 Å². The van der Waals surface area contributed by atoms with Crippen molar-refractivity contribution in [3.8, 4) is 0 Å². The monoisotopic (exact) mass is 153 g/mol. The Bertz CT molecular complexity index is 272. The Morgan fingerprint density at radius 3 is 3.10 bits per heavy atom. The fourth-order valence-corrected chi connectivity index (χ4v) is 0.650. The predicted molar refractivity (Wildman–Crippen MR) is 38.5 cm³/mol. The Labute approximate surface area is 62.4 Å². The maximum atomic E-state index is 9.69. The van der Waals surface area contributed by atoms with Crippen molar-refractivity contribution in [3.63, 3.8) is 0 Å². The molecule has 0 fully saturated rings. The number of hydrogen-bond acceptors (Lipinski definition) is 3. The van der Waals surface area contributed by atoms with Crippen LogP contribution in [0.2, 0.25) is 0 Å². The third kappa shape index (κ3) is 1.37. The Morgan fingerprint density at radius 1 is 1.80 bits per heavy atom. The van der Waals surface area contributed by atoms with Crippen LogP contribution < -0.4 is 0 Å². The van der Waals surface area contributed by atoms with Gasteiger partial charge in [0.15, 0.2) is 10.7 Å². The molecule has 0 amide bonds. The lowest BCUT2D eigenvalue weighted by atomic mass is 10.4. The number of nitrogens with zero attached hydrogens (tertiary/aromatic N) is 1. The lowest BCUT2D eigenvalue weighted by Gasteiger charge is -1.83. The van der Waals surface area contributed by atoms with Crippen LogP contribution in [0.1, 0.15) is 5.76 Å². The van der Waals surface area contributed by atoms with E-state index < -0.39 is 0 Å². The first-order valence-electron chi connectivity index (χ1n) is 2.50. The van der Waals surface area contributed by atoms with Gasteiger partial charge in [-0.2, -0.15) is 4.99 Å². The van der Waals surface area contributed by atoms with Gasteiger partial charge in [-0.25, -0.2) is 4.79 Å². The molecule has 0 saturated heterocycles. The Kier molecular flexibility index (Phi) is 2.10. The van der Waals surface area contributed by atoms with Gasteiger partial charge in [-0.05, 0) is 12.1 Å². The van der Waals surface area contributed by atoms with E-state index in [2.05, 4.69) is 17.2 Å². The van der Waals surface area contributed by atoms with Crippen LogP contribution in [0.25, 0.3) is 0 Å². The third-order valence-corrected chi connectivity index (χ3v) is 1.17. The van der Waals surface area contributed by atoms with Crippen molar-refractivity contribution in [2.45, 2.75) is 0 Å². The first kappa shape index (κ1) is 6.86. The number of aliphatic imine (C=N–C) groups is 1. The smallest absolute Gasteiger partial charge is 0.241 e. The molecule has 1 aromatic rings. The zero-order valence-electron chi connectivity index (χ0n) is 4.90. The number of furan rings is 1. The molecule has 0 radical (unpaired) electrons. The van der Waals surface area contributed by atoms with E-state index in [0.29, 0.717) is 5.76 Å². The number of carbonyl (C=O) groups excluding carboxylic acids is 1. The summed E-state index contributed by atoms with van der Waals surface area (Å²) in [5.41, 5.74) is 0. The molecule has 10 heavy (non-hydrogen) atoms. The van der Waals surface area contributed by atoms with Crippen molar-refractivity contribution in [3.05, 3.63) is 24.2 Å². The third-order valence-electron chi connectivity index (χ3n) is 0.879. The summed E-state index contributed by atoms with van der Waals surface area (Å²) in [6.07, 6.45) is 2.79. The van der Waals surface area contributed by atoms with Gasteiger partial charge in [-0.3, -0.25) is 0 Å². The van der Waals surface area contributed by atoms with Gasteiger partial charge in [0.2, 0.25) is 6.08 Å². The Morgan fingerprint density at radius 2 is 2.60 bits per heavy atom. The highest BCUT2D eigenvalue weighted by atomic mass is 32.1. The minimum Gasteiger partial charge on any atom is -0.462 e. The van der Waals surface area contributed by atoms with Gasteiger partial charge in [0.05, 0.1) is 6.26 Å². The summed E-state index contributed by atoms with van der Waals surface area (Å²) in [4.78, 5) is 13.0. The minimum atomic E-state index is 0.125. The van der Waals surface area contributed by atoms with Crippen LogP contribution in [0.5, 0.6) is 0 Å². The second kappa shape index (κ2) is 3.06. The molecule has 0 aromatic carbocycles. The van der Waals surface area contributed by atoms with Gasteiger partial charge >= 0.3 is 0 Å². The van der Waals surface area contributed by atoms with Crippen molar-refractivity contribution < 1.29 is 9.21 Å². The van der Waals surface area contributed by atoms with Crippen molar-refractivity contribution in [1.29, 1.82) is 0 Å². The molecule has 1 heterocycles. The molecule has 0 atom stereocenters. The maximum Gasteiger partial charge on any atom is 0.241 e. The fraction of sp³-hybridized carbons (Fsp3) is 0. The average molecular weight is 153 g/mol. The molecule has 0 aliphatic heterocycles. The largest absolute Gasteiger partial charge is 0.462 e. The molecule has 1 aromatic heterocycles. The van der Waals surface area contributed by atoms with E-state index in [1.807, 2.05) is 0 Å². The van der Waals surface area contributed by atoms with Crippen LogP contribution in [0.4, 0.5) is 0 Å². The van der Waals surface area contributed by atoms with Crippen LogP contribution >= 0.6 is 12.2 Å². The molecule has 0 unspecified atom stereocenters. The van der Waals surface area contributed by atoms with E-state index in [9.17, 15) is 4.79 Å². The van der Waals surface area contributed by atoms with E-state index in [4.69, 9.17) is 4.42 Å². The number of hydrogen-bond donors (Lipinski definition) is 0. The normalized spacial score (nSPS) is 8.40. The van der Waals surface area contributed by atoms with Gasteiger partial charge in [0.25, 0.3) is 0 Å². The predicted octanol–water partition coefficient (Wildman–Crippen LogP) is 1.29. The van der Waals surface area contributed by atoms with Crippen molar-refractivity contribution in [1.82, 2.24) is 0 Å². The minimum absolute atomic E-state index is 0.125. The standard InChI is InChI=1S/C6H3NO2S/c8-4-7-6(10)5-2-1-3-9-5/h1-3H. The van der Waals surface area contributed by atoms with Crippen LogP contribution in [0, 0.1) is 0 Å². The molecule has 0 aliphatic rings. The van der Waals surface area contributed by atoms with Crippen LogP contribution in [0.15, 0.2) is 27.8 Å². The lowest BCUT2D eigenvalue weighted by Crippen LogP contribution is -1.87. The highest BCUT2D eigenvalue weighted by Gasteiger charge is 1.99. The maximum absolute atomic E-state index is 9.69. The molecule has 0 aliphatic carbocycles. The number of thiocarbonyl (C=S) groups is 1. The Hall–Kier alpha value is -1.25. The van der Waals surface area contributed by atoms with Crippen LogP contribution in [-0.2, 0) is 4.79 Å². The summed E-state index contributed by atoms with van der Waals surface area (Å²) < 4.78 is 4.83. The summed E-state index contributed by atoms with van der Waals surface area (Å²) in [6.45, 7) is 0. The summed E-state index contributed by atoms with van der Waals surface area (Å²) in [6, 6.07) is 3.30. The number of rotatable bonds is 1. The van der Waals surface area contributed by atoms with Crippen LogP contribution in [0.3, 0.4) is 0 Å². The van der Waals surface area contributed by atoms with E-state index in [1.165, 1.54) is 12.3 Å². The van der Waals surface area contributed by atoms with Crippen molar-refractivity contribution in [2.75, 3.05) is 0 Å². The second-order valence-electron chi connectivity index (χ2n) is 1.49. The molecule has 4 heteroatoms. The van der Waals surface area contributed by atoms with Gasteiger partial charge in [-0.1, -0.05) is 12.2 Å². The summed E-state index contributed by atoms with van der Waals surface area (Å²) in [5.74, 6) is 0.415. The van der Waals surface area contributed by atoms with Gasteiger partial charge < -0.3 is 4.42 Å². The first-order valence-corrected chi connectivity index (χ1v) is 2.91. The van der Waals surface area contributed by atoms with E-state index in [-0.39, 0.29) is 4.99 Å². The quantitative estimate of drug-likeness (QED) is 0.347. The number of isocyanates is 1. The molecular weight excluding hydrogens is 150 g/mol. The highest BCUT2D eigenvalue weighted by Crippen LogP contribution is 2.02. The zero-order valence-corrected chi connectivity index (χ0v) is 5.72. The van der Waals surface area contributed by atoms with Gasteiger partial charge in [0.1, 0.15) is 0 Å². The highest BCUT2D eigenvalue weighted by molar-refractivity contribution is 7.80. The van der Waals surface area contributed by atoms with E-state index in [0.717, 1.165) is 0 Å². The molecule has 0 N–H and O–H groups in total. The molecule has 50 valence electrons. The summed E-state index contributed by atoms with van der Waals surface area (Å²) in [5, 5.41) is 0. The fourth-order valence-electron chi connectivity index (χ4n) is 0.497. The first-order chi connectivity index (χ1) is 4.84. The molecule has 0 saturated carbocycles. The van der Waals surface area contributed by atoms with Crippen LogP contribution in [-0.4, -0.2) is 11.1 Å². The van der Waals surface area contributed by atoms with Crippen molar-refractivity contribution in [2.24, 2.45) is 4.99 Å². The van der Waals surface area contributed by atoms with E-state index in [1.54, 1.807) is 12.1 Å². The molecule has 3 nitrogen and oxygen atoms in total. The second-order valence-corrected chi connectivity index (χ2v) is 1.87.